The molecule has 0 spiro atoms. The minimum atomic E-state index is -0.0679. The fraction of sp³-hybridized carbons (Fsp3) is 0.333. The van der Waals surface area contributed by atoms with Gasteiger partial charge in [0.1, 0.15) is 5.75 Å². The number of hydrogen-bond donors (Lipinski definition) is 2. The Balaban J connectivity index is 1.90. The third-order valence-electron chi connectivity index (χ3n) is 2.98. The van der Waals surface area contributed by atoms with Crippen LogP contribution in [0.4, 0.5) is 5.13 Å². The van der Waals surface area contributed by atoms with Crippen LogP contribution in [0.15, 0.2) is 29.6 Å². The summed E-state index contributed by atoms with van der Waals surface area (Å²) in [4.78, 5) is 16.0. The molecule has 112 valence electrons. The molecule has 1 heterocycles. The van der Waals surface area contributed by atoms with Gasteiger partial charge in [0.05, 0.1) is 24.8 Å². The van der Waals surface area contributed by atoms with E-state index in [1.807, 2.05) is 38.1 Å². The minimum absolute atomic E-state index is 0.0656. The Morgan fingerprint density at radius 2 is 2.14 bits per heavy atom. The summed E-state index contributed by atoms with van der Waals surface area (Å²) in [6.45, 7) is 4.54. The monoisotopic (exact) mass is 305 g/mol. The highest BCUT2D eigenvalue weighted by molar-refractivity contribution is 7.13. The first-order valence-electron chi connectivity index (χ1n) is 6.80. The average Bonchev–Trinajstić information content (AvgIpc) is 2.85. The summed E-state index contributed by atoms with van der Waals surface area (Å²) in [7, 11) is 0. The SMILES string of the molecule is CCOc1ccc(C(C)NC(=O)Cc2csc(N)n2)cc1. The fourth-order valence-corrected chi connectivity index (χ4v) is 2.53. The van der Waals surface area contributed by atoms with Gasteiger partial charge >= 0.3 is 0 Å². The van der Waals surface area contributed by atoms with E-state index in [0.29, 0.717) is 17.4 Å². The Labute approximate surface area is 128 Å². The van der Waals surface area contributed by atoms with Crippen molar-refractivity contribution in [3.05, 3.63) is 40.9 Å². The first-order chi connectivity index (χ1) is 10.1. The molecule has 2 aromatic rings. The summed E-state index contributed by atoms with van der Waals surface area (Å²) >= 11 is 1.34. The first-order valence-corrected chi connectivity index (χ1v) is 7.68. The lowest BCUT2D eigenvalue weighted by molar-refractivity contribution is -0.121. The van der Waals surface area contributed by atoms with Crippen LogP contribution in [-0.4, -0.2) is 17.5 Å². The van der Waals surface area contributed by atoms with Gasteiger partial charge in [0.15, 0.2) is 5.13 Å². The van der Waals surface area contributed by atoms with Gasteiger partial charge in [-0.25, -0.2) is 4.98 Å². The van der Waals surface area contributed by atoms with E-state index in [0.717, 1.165) is 11.3 Å². The third-order valence-corrected chi connectivity index (χ3v) is 3.70. The molecule has 0 saturated heterocycles. The number of nitrogen functional groups attached to an aromatic ring is 1. The van der Waals surface area contributed by atoms with Crippen LogP contribution in [0.2, 0.25) is 0 Å². The van der Waals surface area contributed by atoms with Crippen LogP contribution in [0.1, 0.15) is 31.1 Å². The Hall–Kier alpha value is -2.08. The van der Waals surface area contributed by atoms with E-state index in [4.69, 9.17) is 10.5 Å². The lowest BCUT2D eigenvalue weighted by Gasteiger charge is -2.14. The largest absolute Gasteiger partial charge is 0.494 e. The molecule has 0 bridgehead atoms. The molecular formula is C15H19N3O2S. The summed E-state index contributed by atoms with van der Waals surface area (Å²) in [5.41, 5.74) is 7.28. The summed E-state index contributed by atoms with van der Waals surface area (Å²) in [6.07, 6.45) is 0.245. The van der Waals surface area contributed by atoms with Crippen molar-refractivity contribution in [3.63, 3.8) is 0 Å². The predicted molar refractivity (Wildman–Crippen MR) is 84.4 cm³/mol. The molecule has 6 heteroatoms. The third kappa shape index (κ3) is 4.46. The topological polar surface area (TPSA) is 77.2 Å². The molecule has 0 aliphatic carbocycles. The van der Waals surface area contributed by atoms with E-state index in [1.165, 1.54) is 11.3 Å². The maximum absolute atomic E-state index is 12.0. The molecule has 3 N–H and O–H groups in total. The standard InChI is InChI=1S/C15H19N3O2S/c1-3-20-13-6-4-11(5-7-13)10(2)17-14(19)8-12-9-21-15(16)18-12/h4-7,9-10H,3,8H2,1-2H3,(H2,16,18)(H,17,19). The van der Waals surface area contributed by atoms with Gasteiger partial charge in [0.25, 0.3) is 0 Å². The normalized spacial score (nSPS) is 11.9. The minimum Gasteiger partial charge on any atom is -0.494 e. The van der Waals surface area contributed by atoms with Gasteiger partial charge in [-0.2, -0.15) is 0 Å². The van der Waals surface area contributed by atoms with E-state index in [9.17, 15) is 4.79 Å². The highest BCUT2D eigenvalue weighted by Crippen LogP contribution is 2.18. The molecule has 5 nitrogen and oxygen atoms in total. The molecular weight excluding hydrogens is 286 g/mol. The molecule has 0 aliphatic heterocycles. The van der Waals surface area contributed by atoms with Crippen LogP contribution in [0.25, 0.3) is 0 Å². The maximum Gasteiger partial charge on any atom is 0.226 e. The zero-order chi connectivity index (χ0) is 15.2. The molecule has 1 unspecified atom stereocenters. The van der Waals surface area contributed by atoms with Gasteiger partial charge in [-0.15, -0.1) is 11.3 Å². The number of nitrogens with zero attached hydrogens (tertiary/aromatic N) is 1. The van der Waals surface area contributed by atoms with Crippen molar-refractivity contribution in [3.8, 4) is 5.75 Å². The maximum atomic E-state index is 12.0. The Kier molecular flexibility index (Phi) is 5.16. The van der Waals surface area contributed by atoms with Gasteiger partial charge in [0.2, 0.25) is 5.91 Å². The second-order valence-electron chi connectivity index (χ2n) is 4.65. The number of carbonyl (C=O) groups is 1. The molecule has 1 amide bonds. The van der Waals surface area contributed by atoms with Crippen molar-refractivity contribution >= 4 is 22.4 Å². The van der Waals surface area contributed by atoms with Crippen molar-refractivity contribution in [2.24, 2.45) is 0 Å². The predicted octanol–water partition coefficient (Wildman–Crippen LogP) is 2.54. The molecule has 1 aromatic heterocycles. The molecule has 21 heavy (non-hydrogen) atoms. The van der Waals surface area contributed by atoms with E-state index < -0.39 is 0 Å². The Morgan fingerprint density at radius 3 is 2.71 bits per heavy atom. The number of nitrogens with two attached hydrogens (primary N) is 1. The van der Waals surface area contributed by atoms with Gasteiger partial charge in [-0.1, -0.05) is 12.1 Å². The Morgan fingerprint density at radius 1 is 1.43 bits per heavy atom. The molecule has 2 rings (SSSR count). The quantitative estimate of drug-likeness (QED) is 0.860. The number of amides is 1. The number of benzene rings is 1. The second-order valence-corrected chi connectivity index (χ2v) is 5.53. The molecule has 0 aliphatic rings. The van der Waals surface area contributed by atoms with Crippen LogP contribution in [0, 0.1) is 0 Å². The van der Waals surface area contributed by atoms with Crippen molar-refractivity contribution in [1.82, 2.24) is 10.3 Å². The number of rotatable bonds is 6. The summed E-state index contributed by atoms with van der Waals surface area (Å²) in [5, 5.41) is 5.24. The highest BCUT2D eigenvalue weighted by atomic mass is 32.1. The number of aromatic nitrogens is 1. The highest BCUT2D eigenvalue weighted by Gasteiger charge is 2.11. The van der Waals surface area contributed by atoms with Crippen molar-refractivity contribution in [1.29, 1.82) is 0 Å². The second kappa shape index (κ2) is 7.08. The smallest absolute Gasteiger partial charge is 0.226 e. The van der Waals surface area contributed by atoms with Crippen LogP contribution in [0.5, 0.6) is 5.75 Å². The number of thiazole rings is 1. The van der Waals surface area contributed by atoms with Crippen LogP contribution < -0.4 is 15.8 Å². The molecule has 0 radical (unpaired) electrons. The molecule has 0 saturated carbocycles. The lowest BCUT2D eigenvalue weighted by Crippen LogP contribution is -2.28. The number of anilines is 1. The fourth-order valence-electron chi connectivity index (χ4n) is 1.96. The molecule has 1 aromatic carbocycles. The summed E-state index contributed by atoms with van der Waals surface area (Å²) < 4.78 is 5.40. The van der Waals surface area contributed by atoms with Crippen molar-refractivity contribution in [2.45, 2.75) is 26.3 Å². The van der Waals surface area contributed by atoms with E-state index in [-0.39, 0.29) is 18.4 Å². The van der Waals surface area contributed by atoms with Gasteiger partial charge in [-0.05, 0) is 31.5 Å². The number of nitrogens with one attached hydrogen (secondary N) is 1. The lowest BCUT2D eigenvalue weighted by atomic mass is 10.1. The van der Waals surface area contributed by atoms with Crippen molar-refractivity contribution in [2.75, 3.05) is 12.3 Å². The summed E-state index contributed by atoms with van der Waals surface area (Å²) in [5.74, 6) is 0.763. The number of carbonyl (C=O) groups excluding carboxylic acids is 1. The van der Waals surface area contributed by atoms with Crippen molar-refractivity contribution < 1.29 is 9.53 Å². The zero-order valence-electron chi connectivity index (χ0n) is 12.1. The van der Waals surface area contributed by atoms with Crippen LogP contribution in [0.3, 0.4) is 0 Å². The summed E-state index contributed by atoms with van der Waals surface area (Å²) in [6, 6.07) is 7.66. The van der Waals surface area contributed by atoms with Crippen LogP contribution in [-0.2, 0) is 11.2 Å². The van der Waals surface area contributed by atoms with Gasteiger partial charge in [0, 0.05) is 5.38 Å². The molecule has 0 fully saturated rings. The number of ether oxygens (including phenoxy) is 1. The van der Waals surface area contributed by atoms with E-state index in [2.05, 4.69) is 10.3 Å². The Bertz CT molecular complexity index is 595. The van der Waals surface area contributed by atoms with E-state index in [1.54, 1.807) is 5.38 Å². The molecule has 1 atom stereocenters. The van der Waals surface area contributed by atoms with Gasteiger partial charge in [-0.3, -0.25) is 4.79 Å². The zero-order valence-corrected chi connectivity index (χ0v) is 12.9. The first kappa shape index (κ1) is 15.3. The van der Waals surface area contributed by atoms with E-state index >= 15 is 0 Å². The average molecular weight is 305 g/mol. The van der Waals surface area contributed by atoms with Crippen LogP contribution >= 0.6 is 11.3 Å². The van der Waals surface area contributed by atoms with Gasteiger partial charge < -0.3 is 15.8 Å². The number of hydrogen-bond acceptors (Lipinski definition) is 5.